The van der Waals surface area contributed by atoms with Gasteiger partial charge in [-0.2, -0.15) is 0 Å². The van der Waals surface area contributed by atoms with Crippen molar-refractivity contribution in [1.29, 1.82) is 0 Å². The summed E-state index contributed by atoms with van der Waals surface area (Å²) in [6, 6.07) is 3.65. The maximum atomic E-state index is 11.8. The lowest BCUT2D eigenvalue weighted by atomic mass is 10.1. The van der Waals surface area contributed by atoms with Crippen LogP contribution in [0.5, 0.6) is 0 Å². The van der Waals surface area contributed by atoms with Gasteiger partial charge in [-0.15, -0.1) is 11.3 Å². The number of ketones is 1. The van der Waals surface area contributed by atoms with Crippen molar-refractivity contribution in [3.63, 3.8) is 0 Å². The molecular weight excluding hydrogens is 208 g/mol. The number of hydrogen-bond acceptors (Lipinski definition) is 4. The monoisotopic (exact) mass is 218 g/mol. The van der Waals surface area contributed by atoms with E-state index in [-0.39, 0.29) is 5.78 Å². The van der Waals surface area contributed by atoms with Gasteiger partial charge in [-0.25, -0.2) is 4.98 Å². The molecule has 0 amide bonds. The standard InChI is InChI=1S/C11H10N2OS/c1-8-2-3-9(7-13-8)10(14)6-11-12-4-5-15-11/h2-5,7H,6H2,1H3. The average Bonchev–Trinajstić information content (AvgIpc) is 2.71. The Labute approximate surface area is 91.8 Å². The van der Waals surface area contributed by atoms with Gasteiger partial charge in [-0.3, -0.25) is 9.78 Å². The molecule has 0 saturated heterocycles. The first kappa shape index (κ1) is 9.98. The molecule has 2 aromatic rings. The molecule has 0 aliphatic rings. The molecule has 15 heavy (non-hydrogen) atoms. The first-order valence-corrected chi connectivity index (χ1v) is 5.48. The fraction of sp³-hybridized carbons (Fsp3) is 0.182. The van der Waals surface area contributed by atoms with Gasteiger partial charge in [0.1, 0.15) is 5.01 Å². The summed E-state index contributed by atoms with van der Waals surface area (Å²) in [5, 5.41) is 2.72. The fourth-order valence-corrected chi connectivity index (χ4v) is 1.83. The number of aryl methyl sites for hydroxylation is 1. The molecule has 2 rings (SSSR count). The van der Waals surface area contributed by atoms with E-state index in [2.05, 4.69) is 9.97 Å². The highest BCUT2D eigenvalue weighted by atomic mass is 32.1. The molecule has 2 heterocycles. The zero-order valence-corrected chi connectivity index (χ0v) is 9.12. The van der Waals surface area contributed by atoms with Crippen molar-refractivity contribution >= 4 is 17.1 Å². The summed E-state index contributed by atoms with van der Waals surface area (Å²) in [6.45, 7) is 1.90. The molecule has 2 aromatic heterocycles. The predicted octanol–water partition coefficient (Wildman–Crippen LogP) is 2.27. The van der Waals surface area contributed by atoms with Crippen LogP contribution in [0.4, 0.5) is 0 Å². The number of Topliss-reactive ketones (excluding diaryl/α,β-unsaturated/α-hetero) is 1. The fourth-order valence-electron chi connectivity index (χ4n) is 1.21. The lowest BCUT2D eigenvalue weighted by Crippen LogP contribution is -2.03. The van der Waals surface area contributed by atoms with Gasteiger partial charge in [0.05, 0.1) is 6.42 Å². The molecule has 0 unspecified atom stereocenters. The molecule has 4 heteroatoms. The van der Waals surface area contributed by atoms with Crippen LogP contribution in [0.1, 0.15) is 21.1 Å². The van der Waals surface area contributed by atoms with Crippen molar-refractivity contribution < 1.29 is 4.79 Å². The van der Waals surface area contributed by atoms with Gasteiger partial charge in [-0.05, 0) is 19.1 Å². The van der Waals surface area contributed by atoms with Crippen LogP contribution in [0.15, 0.2) is 29.9 Å². The first-order valence-electron chi connectivity index (χ1n) is 4.60. The molecule has 0 aliphatic heterocycles. The lowest BCUT2D eigenvalue weighted by Gasteiger charge is -1.98. The average molecular weight is 218 g/mol. The minimum Gasteiger partial charge on any atom is -0.294 e. The van der Waals surface area contributed by atoms with Crippen molar-refractivity contribution in [2.45, 2.75) is 13.3 Å². The second kappa shape index (κ2) is 4.31. The quantitative estimate of drug-likeness (QED) is 0.742. The Morgan fingerprint density at radius 3 is 2.87 bits per heavy atom. The zero-order chi connectivity index (χ0) is 10.7. The second-order valence-corrected chi connectivity index (χ2v) is 4.19. The van der Waals surface area contributed by atoms with Crippen molar-refractivity contribution in [2.24, 2.45) is 0 Å². The van der Waals surface area contributed by atoms with Gasteiger partial charge in [0, 0.05) is 29.0 Å². The van der Waals surface area contributed by atoms with Crippen molar-refractivity contribution in [3.05, 3.63) is 46.2 Å². The van der Waals surface area contributed by atoms with Gasteiger partial charge in [0.2, 0.25) is 0 Å². The molecule has 0 spiro atoms. The van der Waals surface area contributed by atoms with E-state index in [9.17, 15) is 4.79 Å². The van der Waals surface area contributed by atoms with Crippen LogP contribution < -0.4 is 0 Å². The Morgan fingerprint density at radius 1 is 1.40 bits per heavy atom. The van der Waals surface area contributed by atoms with Crippen LogP contribution >= 0.6 is 11.3 Å². The molecule has 0 atom stereocenters. The Balaban J connectivity index is 2.11. The smallest absolute Gasteiger partial charge is 0.171 e. The van der Waals surface area contributed by atoms with E-state index < -0.39 is 0 Å². The van der Waals surface area contributed by atoms with E-state index in [0.717, 1.165) is 10.7 Å². The minimum atomic E-state index is 0.0671. The summed E-state index contributed by atoms with van der Waals surface area (Å²) >= 11 is 1.50. The maximum Gasteiger partial charge on any atom is 0.171 e. The molecule has 76 valence electrons. The summed E-state index contributed by atoms with van der Waals surface area (Å²) in [5.74, 6) is 0.0671. The third-order valence-corrected chi connectivity index (χ3v) is 2.81. The third-order valence-electron chi connectivity index (χ3n) is 2.03. The normalized spacial score (nSPS) is 10.2. The van der Waals surface area contributed by atoms with Gasteiger partial charge < -0.3 is 0 Å². The van der Waals surface area contributed by atoms with E-state index in [0.29, 0.717) is 12.0 Å². The number of nitrogens with zero attached hydrogens (tertiary/aromatic N) is 2. The van der Waals surface area contributed by atoms with Crippen LogP contribution in [0, 0.1) is 6.92 Å². The van der Waals surface area contributed by atoms with Gasteiger partial charge in [-0.1, -0.05) is 0 Å². The molecule has 0 N–H and O–H groups in total. The summed E-state index contributed by atoms with van der Waals surface area (Å²) in [6.07, 6.45) is 3.69. The number of hydrogen-bond donors (Lipinski definition) is 0. The van der Waals surface area contributed by atoms with Crippen molar-refractivity contribution in [3.8, 4) is 0 Å². The zero-order valence-electron chi connectivity index (χ0n) is 8.30. The van der Waals surface area contributed by atoms with E-state index in [4.69, 9.17) is 0 Å². The number of carbonyl (C=O) groups is 1. The van der Waals surface area contributed by atoms with E-state index in [1.165, 1.54) is 11.3 Å². The topological polar surface area (TPSA) is 42.9 Å². The van der Waals surface area contributed by atoms with Crippen LogP contribution in [0.3, 0.4) is 0 Å². The number of aromatic nitrogens is 2. The number of rotatable bonds is 3. The highest BCUT2D eigenvalue weighted by Crippen LogP contribution is 2.09. The SMILES string of the molecule is Cc1ccc(C(=O)Cc2nccs2)cn1. The summed E-state index contributed by atoms with van der Waals surface area (Å²) in [4.78, 5) is 19.9. The maximum absolute atomic E-state index is 11.8. The molecule has 0 radical (unpaired) electrons. The van der Waals surface area contributed by atoms with E-state index >= 15 is 0 Å². The number of pyridine rings is 1. The van der Waals surface area contributed by atoms with Crippen LogP contribution in [-0.4, -0.2) is 15.8 Å². The van der Waals surface area contributed by atoms with Gasteiger partial charge >= 0.3 is 0 Å². The molecular formula is C11H10N2OS. The first-order chi connectivity index (χ1) is 7.25. The Kier molecular flexibility index (Phi) is 2.87. The second-order valence-electron chi connectivity index (χ2n) is 3.21. The van der Waals surface area contributed by atoms with Gasteiger partial charge in [0.25, 0.3) is 0 Å². The molecule has 3 nitrogen and oxygen atoms in total. The van der Waals surface area contributed by atoms with Crippen molar-refractivity contribution in [1.82, 2.24) is 9.97 Å². The van der Waals surface area contributed by atoms with Crippen LogP contribution in [-0.2, 0) is 6.42 Å². The summed E-state index contributed by atoms with van der Waals surface area (Å²) < 4.78 is 0. The number of thiazole rings is 1. The summed E-state index contributed by atoms with van der Waals surface area (Å²) in [7, 11) is 0. The highest BCUT2D eigenvalue weighted by Gasteiger charge is 2.08. The Bertz CT molecular complexity index is 448. The Hall–Kier alpha value is -1.55. The third kappa shape index (κ3) is 2.47. The van der Waals surface area contributed by atoms with Gasteiger partial charge in [0.15, 0.2) is 5.78 Å². The van der Waals surface area contributed by atoms with Crippen LogP contribution in [0.2, 0.25) is 0 Å². The summed E-state index contributed by atoms with van der Waals surface area (Å²) in [5.41, 5.74) is 1.57. The Morgan fingerprint density at radius 2 is 2.27 bits per heavy atom. The molecule has 0 aliphatic carbocycles. The lowest BCUT2D eigenvalue weighted by molar-refractivity contribution is 0.0992. The van der Waals surface area contributed by atoms with Crippen molar-refractivity contribution in [2.75, 3.05) is 0 Å². The molecule has 0 aromatic carbocycles. The van der Waals surface area contributed by atoms with Crippen LogP contribution in [0.25, 0.3) is 0 Å². The molecule has 0 fully saturated rings. The van der Waals surface area contributed by atoms with E-state index in [1.54, 1.807) is 18.5 Å². The molecule has 0 bridgehead atoms. The predicted molar refractivity (Wildman–Crippen MR) is 59.1 cm³/mol. The highest BCUT2D eigenvalue weighted by molar-refractivity contribution is 7.09. The number of carbonyl (C=O) groups excluding carboxylic acids is 1. The molecule has 0 saturated carbocycles. The minimum absolute atomic E-state index is 0.0671. The van der Waals surface area contributed by atoms with E-state index in [1.807, 2.05) is 18.4 Å². The largest absolute Gasteiger partial charge is 0.294 e.